The summed E-state index contributed by atoms with van der Waals surface area (Å²) in [4.78, 5) is 12.3. The fourth-order valence-corrected chi connectivity index (χ4v) is 4.29. The molecule has 1 heterocycles. The lowest BCUT2D eigenvalue weighted by molar-refractivity contribution is 0.0955. The Balaban J connectivity index is 1.62. The Kier molecular flexibility index (Phi) is 5.88. The van der Waals surface area contributed by atoms with E-state index in [1.165, 1.54) is 34.8 Å². The molecule has 1 N–H and O–H groups in total. The van der Waals surface area contributed by atoms with Crippen LogP contribution in [0.25, 0.3) is 0 Å². The maximum Gasteiger partial charge on any atom is 0.271 e. The van der Waals surface area contributed by atoms with E-state index in [9.17, 15) is 13.2 Å². The Morgan fingerprint density at radius 3 is 2.30 bits per heavy atom. The van der Waals surface area contributed by atoms with Gasteiger partial charge in [0.2, 0.25) is 10.0 Å². The third-order valence-electron chi connectivity index (χ3n) is 4.31. The van der Waals surface area contributed by atoms with Crippen LogP contribution in [0.4, 0.5) is 0 Å². The highest BCUT2D eigenvalue weighted by Gasteiger charge is 2.27. The van der Waals surface area contributed by atoms with Gasteiger partial charge in [-0.1, -0.05) is 0 Å². The van der Waals surface area contributed by atoms with Crippen LogP contribution in [0.1, 0.15) is 28.8 Å². The van der Waals surface area contributed by atoms with E-state index in [0.717, 1.165) is 24.2 Å². The molecule has 1 fully saturated rings. The van der Waals surface area contributed by atoms with Gasteiger partial charge in [-0.2, -0.15) is 9.41 Å². The van der Waals surface area contributed by atoms with Crippen LogP contribution in [0.5, 0.6) is 5.75 Å². The molecule has 8 heteroatoms. The molecule has 0 saturated carbocycles. The van der Waals surface area contributed by atoms with Gasteiger partial charge in [-0.05, 0) is 66.9 Å². The van der Waals surface area contributed by atoms with Crippen molar-refractivity contribution in [3.05, 3.63) is 59.7 Å². The predicted octanol–water partition coefficient (Wildman–Crippen LogP) is 2.24. The van der Waals surface area contributed by atoms with Crippen LogP contribution in [0.2, 0.25) is 0 Å². The van der Waals surface area contributed by atoms with Crippen LogP contribution in [0, 0.1) is 0 Å². The van der Waals surface area contributed by atoms with E-state index in [-0.39, 0.29) is 4.90 Å². The standard InChI is InChI=1S/C19H21N3O4S/c1-26-17-8-4-15(5-9-17)14-20-21-19(23)16-6-10-18(11-7-16)27(24,25)22-12-2-3-13-22/h4-11,14H,2-3,12-13H2,1H3,(H,21,23)/b20-14-. The number of methoxy groups -OCH3 is 1. The van der Waals surface area contributed by atoms with E-state index in [1.807, 2.05) is 12.1 Å². The van der Waals surface area contributed by atoms with Crippen molar-refractivity contribution in [1.29, 1.82) is 0 Å². The molecule has 0 unspecified atom stereocenters. The Morgan fingerprint density at radius 1 is 1.07 bits per heavy atom. The zero-order valence-corrected chi connectivity index (χ0v) is 15.8. The second kappa shape index (κ2) is 8.32. The van der Waals surface area contributed by atoms with E-state index in [2.05, 4.69) is 10.5 Å². The maximum absolute atomic E-state index is 12.5. The first kappa shape index (κ1) is 19.1. The lowest BCUT2D eigenvalue weighted by atomic mass is 10.2. The Morgan fingerprint density at radius 2 is 1.70 bits per heavy atom. The summed E-state index contributed by atoms with van der Waals surface area (Å²) in [5.41, 5.74) is 3.57. The third kappa shape index (κ3) is 4.53. The summed E-state index contributed by atoms with van der Waals surface area (Å²) in [7, 11) is -1.89. The second-order valence-electron chi connectivity index (χ2n) is 6.11. The number of amides is 1. The second-order valence-corrected chi connectivity index (χ2v) is 8.05. The van der Waals surface area contributed by atoms with Crippen molar-refractivity contribution in [2.45, 2.75) is 17.7 Å². The predicted molar refractivity (Wildman–Crippen MR) is 102 cm³/mol. The molecule has 0 atom stereocenters. The molecule has 1 saturated heterocycles. The Bertz CT molecular complexity index is 916. The van der Waals surface area contributed by atoms with Crippen molar-refractivity contribution in [2.24, 2.45) is 5.10 Å². The van der Waals surface area contributed by atoms with Crippen LogP contribution in [0.3, 0.4) is 0 Å². The largest absolute Gasteiger partial charge is 0.497 e. The van der Waals surface area contributed by atoms with Crippen molar-refractivity contribution in [3.63, 3.8) is 0 Å². The number of sulfonamides is 1. The maximum atomic E-state index is 12.5. The number of hydrazone groups is 1. The molecule has 3 rings (SSSR count). The highest BCUT2D eigenvalue weighted by Crippen LogP contribution is 2.21. The van der Waals surface area contributed by atoms with Gasteiger partial charge in [-0.3, -0.25) is 4.79 Å². The molecule has 1 aliphatic heterocycles. The van der Waals surface area contributed by atoms with Crippen LogP contribution >= 0.6 is 0 Å². The van der Waals surface area contributed by atoms with Gasteiger partial charge in [0.15, 0.2) is 0 Å². The smallest absolute Gasteiger partial charge is 0.271 e. The van der Waals surface area contributed by atoms with Gasteiger partial charge in [0.1, 0.15) is 5.75 Å². The van der Waals surface area contributed by atoms with Gasteiger partial charge in [0, 0.05) is 18.7 Å². The molecule has 0 aliphatic carbocycles. The first-order valence-electron chi connectivity index (χ1n) is 8.58. The summed E-state index contributed by atoms with van der Waals surface area (Å²) in [6, 6.07) is 13.1. The highest BCUT2D eigenvalue weighted by molar-refractivity contribution is 7.89. The monoisotopic (exact) mass is 387 g/mol. The van der Waals surface area contributed by atoms with Gasteiger partial charge in [-0.25, -0.2) is 13.8 Å². The SMILES string of the molecule is COc1ccc(/C=N\NC(=O)c2ccc(S(=O)(=O)N3CCCC3)cc2)cc1. The van der Waals surface area contributed by atoms with Crippen molar-refractivity contribution in [1.82, 2.24) is 9.73 Å². The van der Waals surface area contributed by atoms with Gasteiger partial charge in [0.05, 0.1) is 18.2 Å². The zero-order valence-electron chi connectivity index (χ0n) is 15.0. The number of hydrogen-bond donors (Lipinski definition) is 1. The fourth-order valence-electron chi connectivity index (χ4n) is 2.78. The number of hydrogen-bond acceptors (Lipinski definition) is 5. The molecule has 2 aromatic carbocycles. The normalized spacial score (nSPS) is 15.1. The zero-order chi connectivity index (χ0) is 19.3. The van der Waals surface area contributed by atoms with Gasteiger partial charge in [-0.15, -0.1) is 0 Å². The average molecular weight is 387 g/mol. The first-order valence-corrected chi connectivity index (χ1v) is 10.0. The molecule has 1 amide bonds. The van der Waals surface area contributed by atoms with Crippen LogP contribution in [-0.4, -0.2) is 45.0 Å². The van der Waals surface area contributed by atoms with E-state index in [4.69, 9.17) is 4.74 Å². The summed E-state index contributed by atoms with van der Waals surface area (Å²) < 4.78 is 31.5. The van der Waals surface area contributed by atoms with E-state index < -0.39 is 15.9 Å². The van der Waals surface area contributed by atoms with Gasteiger partial charge < -0.3 is 4.74 Å². The molecule has 0 aromatic heterocycles. The van der Waals surface area contributed by atoms with Gasteiger partial charge in [0.25, 0.3) is 5.91 Å². The number of nitrogens with one attached hydrogen (secondary N) is 1. The number of nitrogens with zero attached hydrogens (tertiary/aromatic N) is 2. The number of benzene rings is 2. The fraction of sp³-hybridized carbons (Fsp3) is 0.263. The van der Waals surface area contributed by atoms with Crippen molar-refractivity contribution in [3.8, 4) is 5.75 Å². The van der Waals surface area contributed by atoms with Crippen LogP contribution < -0.4 is 10.2 Å². The number of carbonyl (C=O) groups is 1. The van der Waals surface area contributed by atoms with Crippen LogP contribution in [-0.2, 0) is 10.0 Å². The minimum Gasteiger partial charge on any atom is -0.497 e. The highest BCUT2D eigenvalue weighted by atomic mass is 32.2. The van der Waals surface area contributed by atoms with E-state index >= 15 is 0 Å². The lowest BCUT2D eigenvalue weighted by Crippen LogP contribution is -2.28. The van der Waals surface area contributed by atoms with E-state index in [1.54, 1.807) is 19.2 Å². The summed E-state index contributed by atoms with van der Waals surface area (Å²) in [5, 5.41) is 3.92. The lowest BCUT2D eigenvalue weighted by Gasteiger charge is -2.15. The first-order chi connectivity index (χ1) is 13.0. The molecule has 142 valence electrons. The topological polar surface area (TPSA) is 88.1 Å². The Hall–Kier alpha value is -2.71. The van der Waals surface area contributed by atoms with Crippen molar-refractivity contribution >= 4 is 22.1 Å². The molecular formula is C19H21N3O4S. The summed E-state index contributed by atoms with van der Waals surface area (Å²) in [5.74, 6) is 0.324. The summed E-state index contributed by atoms with van der Waals surface area (Å²) >= 11 is 0. The molecule has 27 heavy (non-hydrogen) atoms. The van der Waals surface area contributed by atoms with E-state index in [0.29, 0.717) is 18.7 Å². The van der Waals surface area contributed by atoms with Crippen molar-refractivity contribution in [2.75, 3.05) is 20.2 Å². The Labute approximate surface area is 158 Å². The quantitative estimate of drug-likeness (QED) is 0.608. The summed E-state index contributed by atoms with van der Waals surface area (Å²) in [6.07, 6.45) is 3.28. The molecular weight excluding hydrogens is 366 g/mol. The minimum absolute atomic E-state index is 0.197. The minimum atomic E-state index is -3.48. The molecule has 7 nitrogen and oxygen atoms in total. The molecule has 0 spiro atoms. The number of rotatable bonds is 6. The van der Waals surface area contributed by atoms with Crippen molar-refractivity contribution < 1.29 is 17.9 Å². The summed E-state index contributed by atoms with van der Waals surface area (Å²) in [6.45, 7) is 1.09. The molecule has 1 aliphatic rings. The molecule has 0 bridgehead atoms. The molecule has 0 radical (unpaired) electrons. The van der Waals surface area contributed by atoms with Gasteiger partial charge >= 0.3 is 0 Å². The third-order valence-corrected chi connectivity index (χ3v) is 6.23. The average Bonchev–Trinajstić information content (AvgIpc) is 3.24. The number of carbonyl (C=O) groups excluding carboxylic acids is 1. The molecule has 2 aromatic rings. The number of ether oxygens (including phenoxy) is 1. The van der Waals surface area contributed by atoms with Crippen LogP contribution in [0.15, 0.2) is 58.5 Å².